The molecule has 1 aliphatic carbocycles. The molecular weight excluding hydrogens is 819 g/mol. The number of hydrogen-bond acceptors (Lipinski definition) is 13. The van der Waals surface area contributed by atoms with Crippen LogP contribution in [0.25, 0.3) is 0 Å². The van der Waals surface area contributed by atoms with Gasteiger partial charge < -0.3 is 45.0 Å². The number of phosphoric ester groups is 1. The van der Waals surface area contributed by atoms with E-state index in [1.807, 2.05) is 36.5 Å². The summed E-state index contributed by atoms with van der Waals surface area (Å²) in [6.07, 6.45) is 28.4. The molecule has 1 rings (SSSR count). The first-order valence-electron chi connectivity index (χ1n) is 22.8. The molecule has 356 valence electrons. The Labute approximate surface area is 370 Å². The van der Waals surface area contributed by atoms with E-state index in [4.69, 9.17) is 18.5 Å². The normalized spacial score (nSPS) is 23.0. The number of allylic oxidation sites excluding steroid dienone is 10. The molecule has 14 nitrogen and oxygen atoms in total. The molecular formula is C47H79O14P. The molecule has 0 aromatic rings. The highest BCUT2D eigenvalue weighted by Crippen LogP contribution is 2.47. The molecule has 0 aliphatic heterocycles. The molecule has 0 amide bonds. The number of aliphatic hydroxyl groups excluding tert-OH is 6. The van der Waals surface area contributed by atoms with E-state index in [0.29, 0.717) is 25.7 Å². The lowest BCUT2D eigenvalue weighted by Crippen LogP contribution is -2.64. The molecule has 62 heavy (non-hydrogen) atoms. The topological polar surface area (TPSA) is 230 Å². The van der Waals surface area contributed by atoms with Crippen molar-refractivity contribution in [2.24, 2.45) is 0 Å². The van der Waals surface area contributed by atoms with Gasteiger partial charge in [-0.3, -0.25) is 18.6 Å². The highest BCUT2D eigenvalue weighted by atomic mass is 31.2. The number of carbonyl (C=O) groups is 2. The SMILES string of the molecule is CC/C=C\C/C=C\C/C=C\C=C\C(O)C/C=C\C/C=C\CCC(=O)OC(COC(=O)CCCCCCCCCCCCCCC)COP(=O)(O)OC1C(O)C(O)C(O)C(O)C1O. The highest BCUT2D eigenvalue weighted by Gasteiger charge is 2.51. The Morgan fingerprint density at radius 3 is 1.71 bits per heavy atom. The smallest absolute Gasteiger partial charge is 0.462 e. The van der Waals surface area contributed by atoms with Gasteiger partial charge >= 0.3 is 19.8 Å². The third-order valence-electron chi connectivity index (χ3n) is 10.2. The standard InChI is InChI=1S/C47H79O14P/c1-3-5-7-9-11-13-15-16-17-19-21-26-30-34-40(49)58-36-39(37-59-62(56,57)61-47-45(54)43(52)42(51)44(53)46(47)55)60-41(50)35-31-27-23-22-25-29-33-38(48)32-28-24-20-18-14-12-10-8-6-4-2/h6,8,12,14,20,23-25,27-29,32,38-39,42-48,51-55H,3-5,7,9-11,13,15-19,21-22,26,30-31,33-37H2,1-2H3,(H,56,57)/b8-6-,14-12-,24-20-,27-23-,29-25-,32-28+. The fraction of sp³-hybridized carbons (Fsp3) is 0.702. The van der Waals surface area contributed by atoms with E-state index in [1.165, 1.54) is 51.4 Å². The van der Waals surface area contributed by atoms with E-state index in [0.717, 1.165) is 44.9 Å². The molecule has 1 saturated carbocycles. The summed E-state index contributed by atoms with van der Waals surface area (Å²) >= 11 is 0. The van der Waals surface area contributed by atoms with E-state index in [1.54, 1.807) is 12.2 Å². The molecule has 1 aliphatic rings. The maximum absolute atomic E-state index is 12.8. The van der Waals surface area contributed by atoms with Crippen LogP contribution in [-0.4, -0.2) is 110 Å². The summed E-state index contributed by atoms with van der Waals surface area (Å²) in [5, 5.41) is 60.3. The predicted octanol–water partition coefficient (Wildman–Crippen LogP) is 7.69. The maximum Gasteiger partial charge on any atom is 0.472 e. The molecule has 0 spiro atoms. The van der Waals surface area contributed by atoms with Crippen LogP contribution in [0.1, 0.15) is 149 Å². The first kappa shape index (κ1) is 57.3. The van der Waals surface area contributed by atoms with E-state index in [-0.39, 0.29) is 12.8 Å². The highest BCUT2D eigenvalue weighted by molar-refractivity contribution is 7.47. The van der Waals surface area contributed by atoms with Gasteiger partial charge in [-0.05, 0) is 44.9 Å². The van der Waals surface area contributed by atoms with E-state index < -0.39 is 81.8 Å². The monoisotopic (exact) mass is 899 g/mol. The molecule has 0 aromatic carbocycles. The van der Waals surface area contributed by atoms with Gasteiger partial charge in [0.2, 0.25) is 0 Å². The van der Waals surface area contributed by atoms with Gasteiger partial charge in [0.25, 0.3) is 0 Å². The summed E-state index contributed by atoms with van der Waals surface area (Å²) in [5.74, 6) is -1.25. The third kappa shape index (κ3) is 28.8. The molecule has 7 N–H and O–H groups in total. The van der Waals surface area contributed by atoms with Crippen molar-refractivity contribution in [3.05, 3.63) is 72.9 Å². The van der Waals surface area contributed by atoms with Crippen LogP contribution in [0.4, 0.5) is 0 Å². The van der Waals surface area contributed by atoms with Crippen molar-refractivity contribution < 1.29 is 68.2 Å². The molecule has 0 heterocycles. The minimum absolute atomic E-state index is 0.0712. The lowest BCUT2D eigenvalue weighted by Gasteiger charge is -2.41. The lowest BCUT2D eigenvalue weighted by molar-refractivity contribution is -0.220. The third-order valence-corrected chi connectivity index (χ3v) is 11.1. The fourth-order valence-electron chi connectivity index (χ4n) is 6.46. The van der Waals surface area contributed by atoms with Crippen molar-refractivity contribution in [3.8, 4) is 0 Å². The molecule has 1 fully saturated rings. The van der Waals surface area contributed by atoms with Crippen molar-refractivity contribution in [1.29, 1.82) is 0 Å². The summed E-state index contributed by atoms with van der Waals surface area (Å²) in [5.41, 5.74) is 0. The number of ether oxygens (including phenoxy) is 2. The summed E-state index contributed by atoms with van der Waals surface area (Å²) < 4.78 is 33.4. The Kier molecular flexibility index (Phi) is 33.8. The molecule has 0 saturated heterocycles. The Hall–Kier alpha value is -2.75. The Bertz CT molecular complexity index is 1380. The minimum Gasteiger partial charge on any atom is -0.462 e. The Balaban J connectivity index is 2.56. The Morgan fingerprint density at radius 2 is 1.11 bits per heavy atom. The van der Waals surface area contributed by atoms with Gasteiger partial charge in [-0.15, -0.1) is 0 Å². The number of aliphatic hydroxyl groups is 6. The van der Waals surface area contributed by atoms with Gasteiger partial charge in [0.05, 0.1) is 12.7 Å². The molecule has 0 radical (unpaired) electrons. The fourth-order valence-corrected chi connectivity index (χ4v) is 7.43. The number of rotatable bonds is 36. The second-order valence-corrected chi connectivity index (χ2v) is 17.1. The average Bonchev–Trinajstić information content (AvgIpc) is 3.25. The van der Waals surface area contributed by atoms with Crippen LogP contribution in [-0.2, 0) is 32.7 Å². The summed E-state index contributed by atoms with van der Waals surface area (Å²) in [6, 6.07) is 0. The number of phosphoric acid groups is 1. The van der Waals surface area contributed by atoms with Gasteiger partial charge in [-0.2, -0.15) is 0 Å². The molecule has 0 bridgehead atoms. The maximum atomic E-state index is 12.8. The van der Waals surface area contributed by atoms with Crippen LogP contribution < -0.4 is 0 Å². The number of unbranched alkanes of at least 4 members (excludes halogenated alkanes) is 12. The zero-order chi connectivity index (χ0) is 45.9. The second kappa shape index (κ2) is 36.6. The Morgan fingerprint density at radius 1 is 0.597 bits per heavy atom. The number of esters is 2. The van der Waals surface area contributed by atoms with E-state index in [9.17, 15) is 49.7 Å². The summed E-state index contributed by atoms with van der Waals surface area (Å²) in [6.45, 7) is 3.04. The summed E-state index contributed by atoms with van der Waals surface area (Å²) in [7, 11) is -5.16. The molecule has 15 heteroatoms. The van der Waals surface area contributed by atoms with Gasteiger partial charge in [0.15, 0.2) is 6.10 Å². The molecule has 7 unspecified atom stereocenters. The van der Waals surface area contributed by atoms with Crippen LogP contribution in [0.5, 0.6) is 0 Å². The van der Waals surface area contributed by atoms with Crippen molar-refractivity contribution >= 4 is 19.8 Å². The van der Waals surface area contributed by atoms with Crippen molar-refractivity contribution in [2.45, 2.75) is 198 Å². The van der Waals surface area contributed by atoms with Crippen molar-refractivity contribution in [1.82, 2.24) is 0 Å². The van der Waals surface area contributed by atoms with Crippen LogP contribution in [0.15, 0.2) is 72.9 Å². The summed E-state index contributed by atoms with van der Waals surface area (Å²) in [4.78, 5) is 35.6. The quantitative estimate of drug-likeness (QED) is 0.0105. The predicted molar refractivity (Wildman–Crippen MR) is 241 cm³/mol. The molecule has 7 atom stereocenters. The van der Waals surface area contributed by atoms with Crippen molar-refractivity contribution in [2.75, 3.05) is 13.2 Å². The van der Waals surface area contributed by atoms with Crippen molar-refractivity contribution in [3.63, 3.8) is 0 Å². The average molecular weight is 899 g/mol. The van der Waals surface area contributed by atoms with Gasteiger partial charge in [-0.25, -0.2) is 4.57 Å². The minimum atomic E-state index is -5.16. The first-order valence-corrected chi connectivity index (χ1v) is 24.3. The second-order valence-electron chi connectivity index (χ2n) is 15.7. The van der Waals surface area contributed by atoms with Crippen LogP contribution in [0, 0.1) is 0 Å². The van der Waals surface area contributed by atoms with Gasteiger partial charge in [-0.1, -0.05) is 164 Å². The van der Waals surface area contributed by atoms with E-state index in [2.05, 4.69) is 38.2 Å². The number of hydrogen-bond donors (Lipinski definition) is 7. The zero-order valence-corrected chi connectivity index (χ0v) is 38.1. The largest absolute Gasteiger partial charge is 0.472 e. The van der Waals surface area contributed by atoms with E-state index >= 15 is 0 Å². The number of carbonyl (C=O) groups excluding carboxylic acids is 2. The van der Waals surface area contributed by atoms with Gasteiger partial charge in [0.1, 0.15) is 43.2 Å². The first-order chi connectivity index (χ1) is 29.8. The van der Waals surface area contributed by atoms with Gasteiger partial charge in [0, 0.05) is 12.8 Å². The van der Waals surface area contributed by atoms with Crippen LogP contribution >= 0.6 is 7.82 Å². The van der Waals surface area contributed by atoms with Crippen LogP contribution in [0.2, 0.25) is 0 Å². The zero-order valence-electron chi connectivity index (χ0n) is 37.2. The molecule has 0 aromatic heterocycles. The lowest BCUT2D eigenvalue weighted by atomic mass is 9.85. The van der Waals surface area contributed by atoms with Crippen LogP contribution in [0.3, 0.4) is 0 Å².